The molecule has 128 valence electrons. The summed E-state index contributed by atoms with van der Waals surface area (Å²) in [5.74, 6) is -0.00840. The van der Waals surface area contributed by atoms with E-state index >= 15 is 0 Å². The summed E-state index contributed by atoms with van der Waals surface area (Å²) in [6.07, 6.45) is 2.34. The number of likely N-dealkylation sites (tertiary alicyclic amines) is 1. The molecule has 2 aromatic heterocycles. The zero-order valence-corrected chi connectivity index (χ0v) is 13.9. The fourth-order valence-corrected chi connectivity index (χ4v) is 3.15. The highest BCUT2D eigenvalue weighted by molar-refractivity contribution is 5.98. The van der Waals surface area contributed by atoms with Gasteiger partial charge in [-0.15, -0.1) is 0 Å². The molecule has 1 aliphatic heterocycles. The molecule has 0 spiro atoms. The molecule has 0 saturated carbocycles. The number of carbonyl (C=O) groups is 2. The number of carbonyl (C=O) groups excluding carboxylic acids is 2. The van der Waals surface area contributed by atoms with E-state index in [2.05, 4.69) is 16.4 Å². The van der Waals surface area contributed by atoms with Gasteiger partial charge in [-0.05, 0) is 43.7 Å². The monoisotopic (exact) mass is 337 g/mol. The van der Waals surface area contributed by atoms with E-state index in [0.29, 0.717) is 18.8 Å². The van der Waals surface area contributed by atoms with E-state index in [4.69, 9.17) is 4.42 Å². The Morgan fingerprint density at radius 1 is 1.32 bits per heavy atom. The summed E-state index contributed by atoms with van der Waals surface area (Å²) in [6, 6.07) is 11.3. The van der Waals surface area contributed by atoms with Crippen LogP contribution < -0.4 is 5.32 Å². The first-order chi connectivity index (χ1) is 12.1. The lowest BCUT2D eigenvalue weighted by Gasteiger charge is -2.40. The molecular formula is C19H19N3O3. The lowest BCUT2D eigenvalue weighted by molar-refractivity contribution is 0.0449. The average Bonchev–Trinajstić information content (AvgIpc) is 3.22. The van der Waals surface area contributed by atoms with Gasteiger partial charge in [-0.2, -0.15) is 0 Å². The van der Waals surface area contributed by atoms with Gasteiger partial charge < -0.3 is 19.6 Å². The molecule has 3 heterocycles. The van der Waals surface area contributed by atoms with Crippen LogP contribution in [0.3, 0.4) is 0 Å². The molecule has 2 amide bonds. The number of rotatable bonds is 4. The van der Waals surface area contributed by atoms with Crippen molar-refractivity contribution in [1.82, 2.24) is 15.2 Å². The fraction of sp³-hybridized carbons (Fsp3) is 0.263. The molecule has 25 heavy (non-hydrogen) atoms. The highest BCUT2D eigenvalue weighted by Crippen LogP contribution is 2.23. The predicted octanol–water partition coefficient (Wildman–Crippen LogP) is 2.71. The average molecular weight is 337 g/mol. The number of aromatic amines is 1. The highest BCUT2D eigenvalue weighted by Gasteiger charge is 2.33. The first-order valence-corrected chi connectivity index (χ1v) is 8.34. The molecule has 1 fully saturated rings. The minimum absolute atomic E-state index is 0.0135. The van der Waals surface area contributed by atoms with E-state index in [1.807, 2.05) is 25.1 Å². The maximum absolute atomic E-state index is 12.7. The van der Waals surface area contributed by atoms with Gasteiger partial charge in [0.1, 0.15) is 5.69 Å². The number of amides is 2. The van der Waals surface area contributed by atoms with Crippen molar-refractivity contribution in [2.24, 2.45) is 0 Å². The summed E-state index contributed by atoms with van der Waals surface area (Å²) in [5, 5.41) is 3.85. The molecule has 6 nitrogen and oxygen atoms in total. The Hall–Kier alpha value is -3.02. The van der Waals surface area contributed by atoms with Crippen LogP contribution in [0.1, 0.15) is 33.0 Å². The zero-order chi connectivity index (χ0) is 17.4. The number of nitrogens with one attached hydrogen (secondary N) is 2. The van der Waals surface area contributed by atoms with Crippen molar-refractivity contribution in [3.63, 3.8) is 0 Å². The first kappa shape index (κ1) is 15.5. The van der Waals surface area contributed by atoms with Crippen LogP contribution in [-0.4, -0.2) is 40.8 Å². The number of hydrogen-bond donors (Lipinski definition) is 2. The summed E-state index contributed by atoms with van der Waals surface area (Å²) >= 11 is 0. The van der Waals surface area contributed by atoms with Gasteiger partial charge in [-0.25, -0.2) is 0 Å². The molecule has 0 radical (unpaired) electrons. The van der Waals surface area contributed by atoms with Gasteiger partial charge in [-0.3, -0.25) is 9.59 Å². The van der Waals surface area contributed by atoms with Crippen molar-refractivity contribution in [2.75, 3.05) is 13.1 Å². The Morgan fingerprint density at radius 3 is 2.92 bits per heavy atom. The summed E-state index contributed by atoms with van der Waals surface area (Å²) < 4.78 is 5.07. The molecule has 4 rings (SSSR count). The largest absolute Gasteiger partial charge is 0.459 e. The van der Waals surface area contributed by atoms with Crippen LogP contribution >= 0.6 is 0 Å². The summed E-state index contributed by atoms with van der Waals surface area (Å²) in [4.78, 5) is 29.6. The van der Waals surface area contributed by atoms with Gasteiger partial charge in [0, 0.05) is 24.0 Å². The Morgan fingerprint density at radius 2 is 2.20 bits per heavy atom. The van der Waals surface area contributed by atoms with Crippen LogP contribution in [0.5, 0.6) is 0 Å². The van der Waals surface area contributed by atoms with Crippen LogP contribution in [0.15, 0.2) is 47.1 Å². The third kappa shape index (κ3) is 2.91. The van der Waals surface area contributed by atoms with Crippen molar-refractivity contribution in [3.05, 3.63) is 59.7 Å². The third-order valence-corrected chi connectivity index (χ3v) is 4.65. The SMILES string of the molecule is Cc1ccc2[nH]c(C(=O)N3CCC3CNC(=O)c3ccco3)cc2c1. The van der Waals surface area contributed by atoms with Crippen LogP contribution in [-0.2, 0) is 0 Å². The van der Waals surface area contributed by atoms with Crippen LogP contribution in [0.2, 0.25) is 0 Å². The van der Waals surface area contributed by atoms with Gasteiger partial charge in [-0.1, -0.05) is 11.6 Å². The zero-order valence-electron chi connectivity index (χ0n) is 13.9. The van der Waals surface area contributed by atoms with Gasteiger partial charge in [0.2, 0.25) is 0 Å². The van der Waals surface area contributed by atoms with Crippen LogP contribution in [0, 0.1) is 6.92 Å². The second-order valence-electron chi connectivity index (χ2n) is 6.40. The summed E-state index contributed by atoms with van der Waals surface area (Å²) in [6.45, 7) is 3.15. The van der Waals surface area contributed by atoms with Crippen molar-refractivity contribution in [2.45, 2.75) is 19.4 Å². The lowest BCUT2D eigenvalue weighted by atomic mass is 10.0. The number of aromatic nitrogens is 1. The molecule has 6 heteroatoms. The van der Waals surface area contributed by atoms with E-state index in [1.54, 1.807) is 17.0 Å². The van der Waals surface area contributed by atoms with E-state index in [1.165, 1.54) is 6.26 Å². The molecule has 3 aromatic rings. The van der Waals surface area contributed by atoms with Crippen molar-refractivity contribution in [3.8, 4) is 0 Å². The van der Waals surface area contributed by atoms with Crippen LogP contribution in [0.4, 0.5) is 0 Å². The van der Waals surface area contributed by atoms with Crippen molar-refractivity contribution in [1.29, 1.82) is 0 Å². The maximum atomic E-state index is 12.7. The first-order valence-electron chi connectivity index (χ1n) is 8.34. The fourth-order valence-electron chi connectivity index (χ4n) is 3.15. The topological polar surface area (TPSA) is 78.3 Å². The molecule has 1 aromatic carbocycles. The minimum atomic E-state index is -0.259. The molecule has 1 aliphatic rings. The molecule has 0 aliphatic carbocycles. The third-order valence-electron chi connectivity index (χ3n) is 4.65. The molecule has 2 N–H and O–H groups in total. The Labute approximate surface area is 144 Å². The molecule has 1 atom stereocenters. The normalized spacial score (nSPS) is 16.7. The predicted molar refractivity (Wildman–Crippen MR) is 93.5 cm³/mol. The Kier molecular flexibility index (Phi) is 3.80. The second-order valence-corrected chi connectivity index (χ2v) is 6.40. The van der Waals surface area contributed by atoms with Gasteiger partial charge in [0.15, 0.2) is 5.76 Å². The van der Waals surface area contributed by atoms with Gasteiger partial charge in [0.05, 0.1) is 12.3 Å². The number of fused-ring (bicyclic) bond motifs is 1. The van der Waals surface area contributed by atoms with Crippen LogP contribution in [0.25, 0.3) is 10.9 Å². The number of benzene rings is 1. The van der Waals surface area contributed by atoms with E-state index < -0.39 is 0 Å². The molecular weight excluding hydrogens is 318 g/mol. The maximum Gasteiger partial charge on any atom is 0.287 e. The van der Waals surface area contributed by atoms with Gasteiger partial charge in [0.25, 0.3) is 11.8 Å². The quantitative estimate of drug-likeness (QED) is 0.768. The number of aryl methyl sites for hydroxylation is 1. The van der Waals surface area contributed by atoms with E-state index in [-0.39, 0.29) is 23.6 Å². The highest BCUT2D eigenvalue weighted by atomic mass is 16.3. The van der Waals surface area contributed by atoms with Crippen molar-refractivity contribution >= 4 is 22.7 Å². The molecule has 1 saturated heterocycles. The summed E-state index contributed by atoms with van der Waals surface area (Å²) in [7, 11) is 0. The summed E-state index contributed by atoms with van der Waals surface area (Å²) in [5.41, 5.74) is 2.70. The Balaban J connectivity index is 1.42. The van der Waals surface area contributed by atoms with Gasteiger partial charge >= 0.3 is 0 Å². The smallest absolute Gasteiger partial charge is 0.287 e. The second kappa shape index (κ2) is 6.12. The number of hydrogen-bond acceptors (Lipinski definition) is 3. The van der Waals surface area contributed by atoms with E-state index in [0.717, 1.165) is 22.9 Å². The van der Waals surface area contributed by atoms with E-state index in [9.17, 15) is 9.59 Å². The molecule has 0 bridgehead atoms. The Bertz CT molecular complexity index is 927. The van der Waals surface area contributed by atoms with Crippen molar-refractivity contribution < 1.29 is 14.0 Å². The number of nitrogens with zero attached hydrogens (tertiary/aromatic N) is 1. The molecule has 1 unspecified atom stereocenters. The number of furan rings is 1. The number of H-pyrrole nitrogens is 1. The standard InChI is InChI=1S/C19H19N3O3/c1-12-4-5-15-13(9-12)10-16(21-15)19(24)22-7-6-14(22)11-20-18(23)17-3-2-8-25-17/h2-5,8-10,14,21H,6-7,11H2,1H3,(H,20,23). The minimum Gasteiger partial charge on any atom is -0.459 e. The lowest BCUT2D eigenvalue weighted by Crippen LogP contribution is -2.56.